The van der Waals surface area contributed by atoms with Gasteiger partial charge in [-0.2, -0.15) is 0 Å². The average molecular weight is 211 g/mol. The first kappa shape index (κ1) is 9.89. The van der Waals surface area contributed by atoms with E-state index in [1.807, 2.05) is 0 Å². The molecule has 0 aromatic heterocycles. The molecule has 0 aromatic carbocycles. The Kier molecular flexibility index (Phi) is 11.4. The molecular formula is CHCl3Zr. The SMILES string of the molecule is ClC(Cl)Cl.[Zr]. The van der Waals surface area contributed by atoms with Crippen LogP contribution in [-0.4, -0.2) is 4.30 Å². The van der Waals surface area contributed by atoms with Gasteiger partial charge in [-0.3, -0.25) is 0 Å². The van der Waals surface area contributed by atoms with Gasteiger partial charge in [0.15, 0.2) is 4.30 Å². The van der Waals surface area contributed by atoms with Gasteiger partial charge in [-0.15, -0.1) is 0 Å². The molecule has 0 amide bonds. The molecule has 0 atom stereocenters. The van der Waals surface area contributed by atoms with E-state index >= 15 is 0 Å². The van der Waals surface area contributed by atoms with Crippen molar-refractivity contribution in [3.8, 4) is 0 Å². The number of rotatable bonds is 0. The largest absolute Gasteiger partial charge is 0.180 e. The fraction of sp³-hybridized carbons (Fsp3) is 1.00. The number of hydrogen-bond donors (Lipinski definition) is 0. The average Bonchev–Trinajstić information content (AvgIpc) is 0.811. The third kappa shape index (κ3) is 26.4. The first-order valence-corrected chi connectivity index (χ1v) is 1.96. The maximum Gasteiger partial charge on any atom is 0.180 e. The molecule has 4 heteroatoms. The Morgan fingerprint density at radius 2 is 1.00 bits per heavy atom. The van der Waals surface area contributed by atoms with Crippen LogP contribution in [0, 0.1) is 0 Å². The number of halogens is 3. The van der Waals surface area contributed by atoms with E-state index < -0.39 is 4.30 Å². The van der Waals surface area contributed by atoms with Gasteiger partial charge in [0.2, 0.25) is 0 Å². The molecule has 0 N–H and O–H groups in total. The molecule has 30 valence electrons. The maximum absolute atomic E-state index is 4.81. The van der Waals surface area contributed by atoms with Gasteiger partial charge in [0.25, 0.3) is 0 Å². The van der Waals surface area contributed by atoms with Crippen LogP contribution in [-0.2, 0) is 26.2 Å². The monoisotopic (exact) mass is 208 g/mol. The summed E-state index contributed by atoms with van der Waals surface area (Å²) in [4.78, 5) is 0. The van der Waals surface area contributed by atoms with Crippen LogP contribution in [0.15, 0.2) is 0 Å². The van der Waals surface area contributed by atoms with Crippen molar-refractivity contribution in [2.45, 2.75) is 4.30 Å². The minimum absolute atomic E-state index is 0. The van der Waals surface area contributed by atoms with Crippen molar-refractivity contribution >= 4 is 34.8 Å². The third-order valence-electron chi connectivity index (χ3n) is 0. The summed E-state index contributed by atoms with van der Waals surface area (Å²) in [6.45, 7) is 0. The molecule has 0 radical (unpaired) electrons. The minimum atomic E-state index is -0.750. The molecule has 0 rings (SSSR count). The summed E-state index contributed by atoms with van der Waals surface area (Å²) in [5.41, 5.74) is 0. The van der Waals surface area contributed by atoms with E-state index in [1.54, 1.807) is 0 Å². The van der Waals surface area contributed by atoms with E-state index in [2.05, 4.69) is 0 Å². The second-order valence-corrected chi connectivity index (χ2v) is 2.23. The molecule has 0 aliphatic heterocycles. The fourth-order valence-electron chi connectivity index (χ4n) is 0. The van der Waals surface area contributed by atoms with Crippen LogP contribution >= 0.6 is 34.8 Å². The van der Waals surface area contributed by atoms with E-state index in [4.69, 9.17) is 34.8 Å². The predicted octanol–water partition coefficient (Wildman–Crippen LogP) is 1.98. The van der Waals surface area contributed by atoms with Gasteiger partial charge in [-0.1, -0.05) is 34.8 Å². The van der Waals surface area contributed by atoms with Crippen LogP contribution in [0.1, 0.15) is 0 Å². The fourth-order valence-corrected chi connectivity index (χ4v) is 0. The predicted molar refractivity (Wildman–Crippen MR) is 21.3 cm³/mol. The first-order valence-electron chi connectivity index (χ1n) is 0.655. The van der Waals surface area contributed by atoms with Crippen LogP contribution in [0.3, 0.4) is 0 Å². The third-order valence-corrected chi connectivity index (χ3v) is 0. The Hall–Kier alpha value is 1.75. The van der Waals surface area contributed by atoms with Gasteiger partial charge >= 0.3 is 0 Å². The van der Waals surface area contributed by atoms with Crippen molar-refractivity contribution in [1.29, 1.82) is 0 Å². The first-order chi connectivity index (χ1) is 1.73. The Morgan fingerprint density at radius 3 is 1.00 bits per heavy atom. The molecular weight excluding hydrogens is 210 g/mol. The van der Waals surface area contributed by atoms with Crippen molar-refractivity contribution in [2.75, 3.05) is 0 Å². The van der Waals surface area contributed by atoms with Crippen molar-refractivity contribution in [3.63, 3.8) is 0 Å². The smallest absolute Gasteiger partial charge is 0.0874 e. The summed E-state index contributed by atoms with van der Waals surface area (Å²) in [7, 11) is 0. The summed E-state index contributed by atoms with van der Waals surface area (Å²) < 4.78 is -0.750. The molecule has 5 heavy (non-hydrogen) atoms. The Labute approximate surface area is 64.9 Å². The Balaban J connectivity index is 0. The van der Waals surface area contributed by atoms with Crippen LogP contribution in [0.2, 0.25) is 0 Å². The molecule has 0 saturated carbocycles. The molecule has 0 saturated heterocycles. The Morgan fingerprint density at radius 1 is 1.00 bits per heavy atom. The van der Waals surface area contributed by atoms with Crippen molar-refractivity contribution < 1.29 is 26.2 Å². The molecule has 0 unspecified atom stereocenters. The zero-order valence-corrected chi connectivity index (χ0v) is 6.94. The number of alkyl halides is 3. The van der Waals surface area contributed by atoms with E-state index in [-0.39, 0.29) is 26.2 Å². The molecule has 0 heterocycles. The molecule has 0 nitrogen and oxygen atoms in total. The quantitative estimate of drug-likeness (QED) is 0.537. The zero-order valence-electron chi connectivity index (χ0n) is 2.21. The van der Waals surface area contributed by atoms with Gasteiger partial charge in [0.1, 0.15) is 0 Å². The van der Waals surface area contributed by atoms with Crippen LogP contribution in [0.25, 0.3) is 0 Å². The van der Waals surface area contributed by atoms with Crippen molar-refractivity contribution in [3.05, 3.63) is 0 Å². The molecule has 0 aliphatic carbocycles. The molecule has 0 spiro atoms. The van der Waals surface area contributed by atoms with E-state index in [1.165, 1.54) is 0 Å². The van der Waals surface area contributed by atoms with Gasteiger partial charge in [0, 0.05) is 26.2 Å². The minimum Gasteiger partial charge on any atom is -0.0874 e. The zero-order chi connectivity index (χ0) is 3.58. The van der Waals surface area contributed by atoms with Crippen LogP contribution < -0.4 is 0 Å². The van der Waals surface area contributed by atoms with Gasteiger partial charge in [-0.05, 0) is 0 Å². The molecule has 0 fully saturated rings. The van der Waals surface area contributed by atoms with Crippen molar-refractivity contribution in [1.82, 2.24) is 0 Å². The maximum atomic E-state index is 4.81. The Bertz CT molecular complexity index is 11.6. The van der Waals surface area contributed by atoms with Crippen molar-refractivity contribution in [2.24, 2.45) is 0 Å². The van der Waals surface area contributed by atoms with Gasteiger partial charge in [-0.25, -0.2) is 0 Å². The second kappa shape index (κ2) is 5.75. The second-order valence-electron chi connectivity index (χ2n) is 0.247. The van der Waals surface area contributed by atoms with Crippen LogP contribution in [0.5, 0.6) is 0 Å². The summed E-state index contributed by atoms with van der Waals surface area (Å²) in [6.07, 6.45) is 0. The summed E-state index contributed by atoms with van der Waals surface area (Å²) in [6, 6.07) is 0. The summed E-state index contributed by atoms with van der Waals surface area (Å²) >= 11 is 14.4. The van der Waals surface area contributed by atoms with Gasteiger partial charge in [0.05, 0.1) is 0 Å². The van der Waals surface area contributed by atoms with E-state index in [9.17, 15) is 0 Å². The topological polar surface area (TPSA) is 0 Å². The van der Waals surface area contributed by atoms with Gasteiger partial charge < -0.3 is 0 Å². The van der Waals surface area contributed by atoms with E-state index in [0.29, 0.717) is 0 Å². The summed E-state index contributed by atoms with van der Waals surface area (Å²) in [5.74, 6) is 0. The molecule has 0 aliphatic rings. The number of hydrogen-bond acceptors (Lipinski definition) is 0. The van der Waals surface area contributed by atoms with Crippen LogP contribution in [0.4, 0.5) is 0 Å². The standard InChI is InChI=1S/CHCl3.Zr/c2-1(3)4;/h1H;. The summed E-state index contributed by atoms with van der Waals surface area (Å²) in [5, 5.41) is 0. The molecule has 0 aromatic rings. The normalized spacial score (nSPS) is 7.20. The van der Waals surface area contributed by atoms with E-state index in [0.717, 1.165) is 0 Å². The molecule has 0 bridgehead atoms.